The maximum absolute atomic E-state index is 12.4. The molecule has 0 aliphatic rings. The Morgan fingerprint density at radius 1 is 0.955 bits per heavy atom. The van der Waals surface area contributed by atoms with Gasteiger partial charge in [-0.05, 0) is 35.7 Å². The van der Waals surface area contributed by atoms with Gasteiger partial charge < -0.3 is 4.74 Å². The normalized spacial score (nSPS) is 10.5. The molecular weight excluding hydrogens is 278 g/mol. The average Bonchev–Trinajstić information content (AvgIpc) is 2.60. The predicted octanol–water partition coefficient (Wildman–Crippen LogP) is 3.88. The number of carbonyl (C=O) groups is 1. The van der Waals surface area contributed by atoms with E-state index in [-0.39, 0.29) is 0 Å². The van der Waals surface area contributed by atoms with Crippen LogP contribution in [-0.2, 0) is 0 Å². The maximum atomic E-state index is 12.4. The van der Waals surface area contributed by atoms with Crippen LogP contribution in [0.3, 0.4) is 0 Å². The first-order valence-electron chi connectivity index (χ1n) is 6.86. The maximum Gasteiger partial charge on any atom is 0.282 e. The molecule has 22 heavy (non-hydrogen) atoms. The molecule has 0 heterocycles. The van der Waals surface area contributed by atoms with Crippen LogP contribution in [0, 0.1) is 0 Å². The molecule has 0 aromatic heterocycles. The van der Waals surface area contributed by atoms with Gasteiger partial charge in [-0.15, -0.1) is 0 Å². The molecule has 0 aliphatic carbocycles. The van der Waals surface area contributed by atoms with Crippen LogP contribution in [0.4, 0.5) is 5.69 Å². The fraction of sp³-hybridized carbons (Fsp3) is 0.0556. The largest absolute Gasteiger partial charge is 0.497 e. The lowest BCUT2D eigenvalue weighted by Crippen LogP contribution is -2.27. The summed E-state index contributed by atoms with van der Waals surface area (Å²) in [7, 11) is 1.56. The minimum atomic E-state index is -0.487. The second-order valence-corrected chi connectivity index (χ2v) is 4.84. The number of anilines is 1. The first-order valence-corrected chi connectivity index (χ1v) is 6.86. The predicted molar refractivity (Wildman–Crippen MR) is 85.5 cm³/mol. The summed E-state index contributed by atoms with van der Waals surface area (Å²) < 4.78 is 5.06. The van der Waals surface area contributed by atoms with Crippen LogP contribution in [-0.4, -0.2) is 18.2 Å². The van der Waals surface area contributed by atoms with Crippen molar-refractivity contribution in [3.05, 3.63) is 72.3 Å². The highest BCUT2D eigenvalue weighted by Crippen LogP contribution is 2.27. The van der Waals surface area contributed by atoms with Gasteiger partial charge in [0.25, 0.3) is 5.91 Å². The van der Waals surface area contributed by atoms with E-state index < -0.39 is 5.91 Å². The summed E-state index contributed by atoms with van der Waals surface area (Å²) in [6, 6.07) is 19.7. The number of methoxy groups -OCH3 is 1. The summed E-state index contributed by atoms with van der Waals surface area (Å²) in [5.41, 5.74) is 0.843. The number of carbonyl (C=O) groups excluding carboxylic acids is 1. The van der Waals surface area contributed by atoms with Gasteiger partial charge in [0.2, 0.25) is 0 Å². The fourth-order valence-electron chi connectivity index (χ4n) is 2.36. The molecular formula is C18H15NO3. The van der Waals surface area contributed by atoms with Crippen LogP contribution in [0.2, 0.25) is 0 Å². The Morgan fingerprint density at radius 3 is 2.36 bits per heavy atom. The third kappa shape index (κ3) is 2.52. The van der Waals surface area contributed by atoms with Gasteiger partial charge in [0.05, 0.1) is 12.8 Å². The van der Waals surface area contributed by atoms with Crippen LogP contribution in [0.25, 0.3) is 10.8 Å². The number of benzene rings is 3. The smallest absolute Gasteiger partial charge is 0.282 e. The molecule has 3 aromatic carbocycles. The topological polar surface area (TPSA) is 49.8 Å². The van der Waals surface area contributed by atoms with Gasteiger partial charge >= 0.3 is 0 Å². The molecule has 0 saturated carbocycles. The van der Waals surface area contributed by atoms with Crippen LogP contribution >= 0.6 is 0 Å². The molecule has 3 rings (SSSR count). The summed E-state index contributed by atoms with van der Waals surface area (Å²) >= 11 is 0. The van der Waals surface area contributed by atoms with Gasteiger partial charge in [0.15, 0.2) is 0 Å². The lowest BCUT2D eigenvalue weighted by molar-refractivity contribution is 0.0855. The van der Waals surface area contributed by atoms with Gasteiger partial charge in [-0.1, -0.05) is 36.4 Å². The number of hydrogen-bond acceptors (Lipinski definition) is 3. The Morgan fingerprint density at radius 2 is 1.64 bits per heavy atom. The molecule has 1 amide bonds. The van der Waals surface area contributed by atoms with E-state index in [1.165, 1.54) is 0 Å². The molecule has 0 atom stereocenters. The van der Waals surface area contributed by atoms with Gasteiger partial charge in [0.1, 0.15) is 5.75 Å². The van der Waals surface area contributed by atoms with E-state index in [2.05, 4.69) is 0 Å². The SMILES string of the molecule is COc1ccc(C(=O)N(O)c2cccc3ccccc23)cc1. The van der Waals surface area contributed by atoms with Gasteiger partial charge in [0, 0.05) is 10.9 Å². The minimum absolute atomic E-state index is 0.385. The van der Waals surface area contributed by atoms with Crippen molar-refractivity contribution in [2.45, 2.75) is 0 Å². The summed E-state index contributed by atoms with van der Waals surface area (Å²) in [6.45, 7) is 0. The lowest BCUT2D eigenvalue weighted by atomic mass is 10.1. The van der Waals surface area contributed by atoms with Crippen molar-refractivity contribution in [1.82, 2.24) is 0 Å². The van der Waals surface area contributed by atoms with Crippen molar-refractivity contribution in [1.29, 1.82) is 0 Å². The van der Waals surface area contributed by atoms with Crippen molar-refractivity contribution in [2.24, 2.45) is 0 Å². The third-order valence-electron chi connectivity index (χ3n) is 3.52. The van der Waals surface area contributed by atoms with Gasteiger partial charge in [-0.3, -0.25) is 10.0 Å². The molecule has 0 radical (unpaired) electrons. The van der Waals surface area contributed by atoms with E-state index in [0.29, 0.717) is 22.1 Å². The molecule has 110 valence electrons. The Kier molecular flexibility index (Phi) is 3.76. The Balaban J connectivity index is 1.97. The van der Waals surface area contributed by atoms with Crippen molar-refractivity contribution in [2.75, 3.05) is 12.2 Å². The molecule has 0 spiro atoms. The highest BCUT2D eigenvalue weighted by Gasteiger charge is 2.17. The lowest BCUT2D eigenvalue weighted by Gasteiger charge is -2.17. The highest BCUT2D eigenvalue weighted by atomic mass is 16.5. The molecule has 0 bridgehead atoms. The molecule has 0 saturated heterocycles. The number of hydroxylamine groups is 1. The molecule has 4 nitrogen and oxygen atoms in total. The summed E-state index contributed by atoms with van der Waals surface area (Å²) in [4.78, 5) is 12.4. The van der Waals surface area contributed by atoms with Gasteiger partial charge in [-0.25, -0.2) is 0 Å². The zero-order valence-electron chi connectivity index (χ0n) is 12.1. The van der Waals surface area contributed by atoms with E-state index in [1.54, 1.807) is 37.4 Å². The summed E-state index contributed by atoms with van der Waals surface area (Å²) in [5.74, 6) is 0.171. The van der Waals surface area contributed by atoms with Crippen LogP contribution < -0.4 is 9.80 Å². The Labute approximate surface area is 128 Å². The van der Waals surface area contributed by atoms with E-state index in [9.17, 15) is 10.0 Å². The molecule has 1 N–H and O–H groups in total. The summed E-state index contributed by atoms with van der Waals surface area (Å²) in [5, 5.41) is 12.8. The van der Waals surface area contributed by atoms with Crippen LogP contribution in [0.15, 0.2) is 66.7 Å². The first-order chi connectivity index (χ1) is 10.7. The van der Waals surface area contributed by atoms with Crippen molar-refractivity contribution >= 4 is 22.4 Å². The number of fused-ring (bicyclic) bond motifs is 1. The van der Waals surface area contributed by atoms with Crippen molar-refractivity contribution in [3.8, 4) is 5.75 Å². The molecule has 4 heteroatoms. The van der Waals surface area contributed by atoms with E-state index in [4.69, 9.17) is 4.74 Å². The quantitative estimate of drug-likeness (QED) is 0.589. The number of ether oxygens (including phenoxy) is 1. The second-order valence-electron chi connectivity index (χ2n) is 4.84. The van der Waals surface area contributed by atoms with Crippen molar-refractivity contribution in [3.63, 3.8) is 0 Å². The number of hydrogen-bond donors (Lipinski definition) is 1. The molecule has 0 unspecified atom stereocenters. The van der Waals surface area contributed by atoms with Crippen LogP contribution in [0.1, 0.15) is 10.4 Å². The van der Waals surface area contributed by atoms with E-state index in [1.807, 2.05) is 36.4 Å². The van der Waals surface area contributed by atoms with Crippen LogP contribution in [0.5, 0.6) is 5.75 Å². The zero-order valence-corrected chi connectivity index (χ0v) is 12.1. The monoisotopic (exact) mass is 293 g/mol. The average molecular weight is 293 g/mol. The van der Waals surface area contributed by atoms with E-state index in [0.717, 1.165) is 10.8 Å². The minimum Gasteiger partial charge on any atom is -0.497 e. The summed E-state index contributed by atoms with van der Waals surface area (Å²) in [6.07, 6.45) is 0. The van der Waals surface area contributed by atoms with E-state index >= 15 is 0 Å². The highest BCUT2D eigenvalue weighted by molar-refractivity contribution is 6.09. The fourth-order valence-corrected chi connectivity index (χ4v) is 2.36. The number of nitrogens with zero attached hydrogens (tertiary/aromatic N) is 1. The standard InChI is InChI=1S/C18H15NO3/c1-22-15-11-9-14(10-12-15)18(20)19(21)17-8-4-6-13-5-2-3-7-16(13)17/h2-12,21H,1H3. The third-order valence-corrected chi connectivity index (χ3v) is 3.52. The van der Waals surface area contributed by atoms with Crippen molar-refractivity contribution < 1.29 is 14.7 Å². The van der Waals surface area contributed by atoms with Gasteiger partial charge in [-0.2, -0.15) is 5.06 Å². The Hall–Kier alpha value is -2.85. The Bertz CT molecular complexity index is 807. The molecule has 0 aliphatic heterocycles. The number of amides is 1. The first kappa shape index (κ1) is 14.1. The molecule has 3 aromatic rings. The number of rotatable bonds is 3. The zero-order chi connectivity index (χ0) is 15.5. The molecule has 0 fully saturated rings. The second kappa shape index (κ2) is 5.87.